The molecule has 34 heavy (non-hydrogen) atoms. The molecule has 4 N–H and O–H groups in total. The number of likely N-dealkylation sites (tertiary alicyclic amines) is 2. The van der Waals surface area contributed by atoms with E-state index in [0.717, 1.165) is 50.3 Å². The number of anilines is 1. The molecule has 0 radical (unpaired) electrons. The molecule has 4 rings (SSSR count). The third-order valence-corrected chi connectivity index (χ3v) is 8.13. The van der Waals surface area contributed by atoms with Crippen LogP contribution in [0.5, 0.6) is 0 Å². The highest BCUT2D eigenvalue weighted by Gasteiger charge is 2.29. The van der Waals surface area contributed by atoms with Crippen molar-refractivity contribution in [1.29, 1.82) is 0 Å². The zero-order valence-corrected chi connectivity index (χ0v) is 22.0. The summed E-state index contributed by atoms with van der Waals surface area (Å²) in [5.41, 5.74) is 8.86. The maximum Gasteiger partial charge on any atom is 0.115 e. The molecule has 2 heterocycles. The predicted octanol–water partition coefficient (Wildman–Crippen LogP) is 5.74. The molecule has 5 nitrogen and oxygen atoms in total. The molecule has 0 saturated carbocycles. The van der Waals surface area contributed by atoms with E-state index in [-0.39, 0.29) is 6.04 Å². The molecule has 0 bridgehead atoms. The van der Waals surface area contributed by atoms with Crippen molar-refractivity contribution in [2.45, 2.75) is 56.8 Å². The van der Waals surface area contributed by atoms with Crippen LogP contribution in [0.3, 0.4) is 0 Å². The van der Waals surface area contributed by atoms with E-state index in [9.17, 15) is 5.11 Å². The minimum absolute atomic E-state index is 0.000602. The SMILES string of the molecule is CC(Nc1cc(C2CCN(C3CCCN(CC(N)O)C3)CC2)ccc1Cl)c1ccc(Cl)cc1Cl. The van der Waals surface area contributed by atoms with E-state index < -0.39 is 6.23 Å². The monoisotopic (exact) mass is 524 g/mol. The van der Waals surface area contributed by atoms with Crippen LogP contribution in [0.1, 0.15) is 55.7 Å². The summed E-state index contributed by atoms with van der Waals surface area (Å²) in [4.78, 5) is 4.93. The topological polar surface area (TPSA) is 64.8 Å². The summed E-state index contributed by atoms with van der Waals surface area (Å²) in [6.45, 7) is 6.86. The number of β-amino-alcohol motifs (C(OH)–C–C–N with tert-alkyl or cyclic N) is 1. The fraction of sp³-hybridized carbons (Fsp3) is 0.538. The second kappa shape index (κ2) is 11.8. The van der Waals surface area contributed by atoms with Crippen molar-refractivity contribution in [3.63, 3.8) is 0 Å². The van der Waals surface area contributed by atoms with E-state index in [2.05, 4.69) is 34.2 Å². The van der Waals surface area contributed by atoms with Gasteiger partial charge in [-0.2, -0.15) is 0 Å². The van der Waals surface area contributed by atoms with Crippen LogP contribution >= 0.6 is 34.8 Å². The molecule has 0 aromatic heterocycles. The largest absolute Gasteiger partial charge is 0.377 e. The molecular weight excluding hydrogens is 491 g/mol. The van der Waals surface area contributed by atoms with Gasteiger partial charge in [0.05, 0.1) is 16.8 Å². The maximum atomic E-state index is 9.54. The number of nitrogens with zero attached hydrogens (tertiary/aromatic N) is 2. The summed E-state index contributed by atoms with van der Waals surface area (Å²) in [5, 5.41) is 15.1. The summed E-state index contributed by atoms with van der Waals surface area (Å²) in [5.74, 6) is 0.522. The highest BCUT2D eigenvalue weighted by Crippen LogP contribution is 2.36. The number of aliphatic hydroxyl groups excluding tert-OH is 1. The Morgan fingerprint density at radius 2 is 1.79 bits per heavy atom. The van der Waals surface area contributed by atoms with E-state index in [1.54, 1.807) is 6.07 Å². The van der Waals surface area contributed by atoms with Gasteiger partial charge < -0.3 is 16.2 Å². The van der Waals surface area contributed by atoms with Crippen LogP contribution in [-0.2, 0) is 0 Å². The Balaban J connectivity index is 1.37. The van der Waals surface area contributed by atoms with Crippen molar-refractivity contribution < 1.29 is 5.11 Å². The molecule has 8 heteroatoms. The number of piperidine rings is 2. The van der Waals surface area contributed by atoms with Gasteiger partial charge in [-0.3, -0.25) is 9.80 Å². The smallest absolute Gasteiger partial charge is 0.115 e. The molecule has 3 atom stereocenters. The number of halogens is 3. The Bertz CT molecular complexity index is 965. The number of benzene rings is 2. The summed E-state index contributed by atoms with van der Waals surface area (Å²) in [6.07, 6.45) is 3.91. The molecule has 2 aliphatic rings. The summed E-state index contributed by atoms with van der Waals surface area (Å²) in [6, 6.07) is 12.5. The molecule has 2 aromatic rings. The van der Waals surface area contributed by atoms with Crippen molar-refractivity contribution in [3.8, 4) is 0 Å². The molecule has 2 saturated heterocycles. The van der Waals surface area contributed by atoms with E-state index in [1.807, 2.05) is 18.2 Å². The first-order valence-electron chi connectivity index (χ1n) is 12.2. The molecule has 0 aliphatic carbocycles. The van der Waals surface area contributed by atoms with Crippen molar-refractivity contribution in [1.82, 2.24) is 9.80 Å². The van der Waals surface area contributed by atoms with Crippen molar-refractivity contribution >= 4 is 40.5 Å². The van der Waals surface area contributed by atoms with Gasteiger partial charge in [0.15, 0.2) is 0 Å². The molecule has 3 unspecified atom stereocenters. The Morgan fingerprint density at radius 3 is 2.50 bits per heavy atom. The molecular formula is C26H35Cl3N4O. The van der Waals surface area contributed by atoms with Crippen LogP contribution in [0.4, 0.5) is 5.69 Å². The van der Waals surface area contributed by atoms with Gasteiger partial charge in [0, 0.05) is 29.2 Å². The van der Waals surface area contributed by atoms with Crippen LogP contribution in [0.15, 0.2) is 36.4 Å². The van der Waals surface area contributed by atoms with Crippen LogP contribution in [0, 0.1) is 0 Å². The number of rotatable bonds is 7. The Morgan fingerprint density at radius 1 is 1.03 bits per heavy atom. The summed E-state index contributed by atoms with van der Waals surface area (Å²) < 4.78 is 0. The van der Waals surface area contributed by atoms with Crippen molar-refractivity contribution in [3.05, 3.63) is 62.6 Å². The van der Waals surface area contributed by atoms with Crippen LogP contribution < -0.4 is 11.1 Å². The van der Waals surface area contributed by atoms with Crippen molar-refractivity contribution in [2.75, 3.05) is 38.0 Å². The fourth-order valence-electron chi connectivity index (χ4n) is 5.43. The second-order valence-corrected chi connectivity index (χ2v) is 11.0. The fourth-order valence-corrected chi connectivity index (χ4v) is 6.17. The normalized spacial score (nSPS) is 22.5. The van der Waals surface area contributed by atoms with Gasteiger partial charge in [0.2, 0.25) is 0 Å². The van der Waals surface area contributed by atoms with Gasteiger partial charge >= 0.3 is 0 Å². The van der Waals surface area contributed by atoms with Gasteiger partial charge in [-0.25, -0.2) is 0 Å². The summed E-state index contributed by atoms with van der Waals surface area (Å²) in [7, 11) is 0. The number of aliphatic hydroxyl groups is 1. The molecule has 0 amide bonds. The lowest BCUT2D eigenvalue weighted by Gasteiger charge is -2.42. The number of nitrogens with two attached hydrogens (primary N) is 1. The number of hydrogen-bond acceptors (Lipinski definition) is 5. The van der Waals surface area contributed by atoms with Gasteiger partial charge in [0.1, 0.15) is 6.23 Å². The lowest BCUT2D eigenvalue weighted by molar-refractivity contribution is 0.0497. The van der Waals surface area contributed by atoms with E-state index in [4.69, 9.17) is 40.5 Å². The van der Waals surface area contributed by atoms with E-state index >= 15 is 0 Å². The Hall–Kier alpha value is -1.05. The quantitative estimate of drug-likeness (QED) is 0.402. The molecule has 2 fully saturated rings. The number of hydrogen-bond donors (Lipinski definition) is 3. The summed E-state index contributed by atoms with van der Waals surface area (Å²) >= 11 is 19.0. The van der Waals surface area contributed by atoms with Gasteiger partial charge in [0.25, 0.3) is 0 Å². The average molecular weight is 526 g/mol. The third kappa shape index (κ3) is 6.58. The molecule has 2 aromatic carbocycles. The maximum absolute atomic E-state index is 9.54. The lowest BCUT2D eigenvalue weighted by Crippen LogP contribution is -2.52. The van der Waals surface area contributed by atoms with Crippen molar-refractivity contribution in [2.24, 2.45) is 5.73 Å². The first-order chi connectivity index (χ1) is 16.3. The van der Waals surface area contributed by atoms with Gasteiger partial charge in [-0.15, -0.1) is 0 Å². The molecule has 2 aliphatic heterocycles. The highest BCUT2D eigenvalue weighted by atomic mass is 35.5. The lowest BCUT2D eigenvalue weighted by atomic mass is 9.88. The minimum atomic E-state index is -0.754. The first-order valence-corrected chi connectivity index (χ1v) is 13.3. The highest BCUT2D eigenvalue weighted by molar-refractivity contribution is 6.35. The van der Waals surface area contributed by atoms with Gasteiger partial charge in [-0.05, 0) is 93.6 Å². The van der Waals surface area contributed by atoms with Gasteiger partial charge in [-0.1, -0.05) is 46.9 Å². The predicted molar refractivity (Wildman–Crippen MR) is 143 cm³/mol. The second-order valence-electron chi connectivity index (χ2n) is 9.70. The van der Waals surface area contributed by atoms with E-state index in [1.165, 1.54) is 18.4 Å². The Labute approximate surface area is 218 Å². The van der Waals surface area contributed by atoms with Crippen LogP contribution in [0.25, 0.3) is 0 Å². The number of nitrogens with one attached hydrogen (secondary N) is 1. The van der Waals surface area contributed by atoms with Crippen LogP contribution in [0.2, 0.25) is 15.1 Å². The molecule has 0 spiro atoms. The standard InChI is InChI=1S/C26H35Cl3N4O/c1-17(22-6-5-20(27)14-24(22)29)31-25-13-19(4-7-23(25)28)18-8-11-33(12-9-18)21-3-2-10-32(15-21)16-26(30)34/h4-7,13-14,17-18,21,26,31,34H,2-3,8-12,15-16,30H2,1H3. The minimum Gasteiger partial charge on any atom is -0.377 e. The van der Waals surface area contributed by atoms with E-state index in [0.29, 0.717) is 33.6 Å². The zero-order chi connectivity index (χ0) is 24.2. The first kappa shape index (κ1) is 26.0. The average Bonchev–Trinajstić information content (AvgIpc) is 2.80. The zero-order valence-electron chi connectivity index (χ0n) is 19.7. The Kier molecular flexibility index (Phi) is 9.02. The van der Waals surface area contributed by atoms with Crippen LogP contribution in [-0.4, -0.2) is 59.9 Å². The third-order valence-electron chi connectivity index (χ3n) is 7.23. The molecule has 186 valence electrons.